The zero-order chi connectivity index (χ0) is 16.2. The molecule has 1 amide bonds. The number of rotatable bonds is 3. The van der Waals surface area contributed by atoms with Crippen molar-refractivity contribution in [2.75, 3.05) is 0 Å². The first-order valence-electron chi connectivity index (χ1n) is 7.01. The highest BCUT2D eigenvalue weighted by Crippen LogP contribution is 2.33. The largest absolute Gasteiger partial charge is 0.322 e. The molecule has 0 radical (unpaired) electrons. The van der Waals surface area contributed by atoms with Crippen molar-refractivity contribution in [1.29, 1.82) is 0 Å². The Morgan fingerprint density at radius 2 is 1.83 bits per heavy atom. The number of hydrazone groups is 1. The molecule has 3 N–H and O–H groups in total. The zero-order valence-corrected chi connectivity index (χ0v) is 12.9. The lowest BCUT2D eigenvalue weighted by molar-refractivity contribution is 0.0978. The zero-order valence-electron chi connectivity index (χ0n) is 12.2. The molecule has 3 rings (SSSR count). The van der Waals surface area contributed by atoms with Gasteiger partial charge in [-0.15, -0.1) is 0 Å². The van der Waals surface area contributed by atoms with Crippen molar-refractivity contribution < 1.29 is 4.79 Å². The van der Waals surface area contributed by atoms with Gasteiger partial charge < -0.3 is 11.2 Å². The normalized spacial score (nSPS) is 11.0. The van der Waals surface area contributed by atoms with Crippen LogP contribution in [0.25, 0.3) is 21.9 Å². The van der Waals surface area contributed by atoms with Gasteiger partial charge in [0.25, 0.3) is 5.91 Å². The lowest BCUT2D eigenvalue weighted by Crippen LogP contribution is -2.22. The van der Waals surface area contributed by atoms with E-state index >= 15 is 0 Å². The number of carbonyl (C=O) groups is 1. The number of amides is 1. The van der Waals surface area contributed by atoms with Crippen LogP contribution < -0.4 is 11.2 Å². The lowest BCUT2D eigenvalue weighted by atomic mass is 9.97. The van der Waals surface area contributed by atoms with Crippen LogP contribution in [0.5, 0.6) is 0 Å². The quantitative estimate of drug-likeness (QED) is 0.333. The fourth-order valence-corrected chi connectivity index (χ4v) is 2.76. The summed E-state index contributed by atoms with van der Waals surface area (Å²) >= 11 is 6.31. The Morgan fingerprint density at radius 1 is 1.04 bits per heavy atom. The number of nitrogens with one attached hydrogen (secondary N) is 1. The predicted molar refractivity (Wildman–Crippen MR) is 94.5 cm³/mol. The molecule has 0 saturated heterocycles. The number of carbonyl (C=O) groups excluding carboxylic acids is 1. The maximum absolute atomic E-state index is 12.0. The summed E-state index contributed by atoms with van der Waals surface area (Å²) in [6, 6.07) is 19.1. The van der Waals surface area contributed by atoms with E-state index < -0.39 is 0 Å². The predicted octanol–water partition coefficient (Wildman–Crippen LogP) is 3.79. The second kappa shape index (κ2) is 6.50. The van der Waals surface area contributed by atoms with E-state index in [0.29, 0.717) is 10.6 Å². The van der Waals surface area contributed by atoms with Crippen LogP contribution in [0.1, 0.15) is 10.4 Å². The number of fused-ring (bicyclic) bond motifs is 1. The molecule has 0 atom stereocenters. The molecule has 0 aliphatic carbocycles. The standard InChI is InChI=1S/C18H14ClN3O/c19-17-7-2-1-5-16(17)15-6-3-4-12-10-13(8-9-14(12)15)18(23)21-11-22-20/h1-11H,20H2,(H,21,22,23). The van der Waals surface area contributed by atoms with Gasteiger partial charge >= 0.3 is 0 Å². The van der Waals surface area contributed by atoms with E-state index in [1.165, 1.54) is 0 Å². The molecule has 4 nitrogen and oxygen atoms in total. The fourth-order valence-electron chi connectivity index (χ4n) is 2.52. The summed E-state index contributed by atoms with van der Waals surface area (Å²) < 4.78 is 0. The minimum atomic E-state index is -0.260. The molecule has 0 saturated carbocycles. The van der Waals surface area contributed by atoms with Gasteiger partial charge in [-0.2, -0.15) is 5.10 Å². The maximum Gasteiger partial charge on any atom is 0.256 e. The van der Waals surface area contributed by atoms with Crippen molar-refractivity contribution in [1.82, 2.24) is 5.32 Å². The third-order valence-corrected chi connectivity index (χ3v) is 3.91. The van der Waals surface area contributed by atoms with Crippen LogP contribution in [0.2, 0.25) is 5.02 Å². The van der Waals surface area contributed by atoms with E-state index in [-0.39, 0.29) is 5.91 Å². The first-order valence-corrected chi connectivity index (χ1v) is 7.39. The van der Waals surface area contributed by atoms with Crippen molar-refractivity contribution in [3.63, 3.8) is 0 Å². The highest BCUT2D eigenvalue weighted by Gasteiger charge is 2.09. The molecule has 0 heterocycles. The second-order valence-corrected chi connectivity index (χ2v) is 5.38. The molecule has 23 heavy (non-hydrogen) atoms. The molecular formula is C18H14ClN3O. The number of halogens is 1. The Bertz CT molecular complexity index is 906. The molecule has 3 aromatic carbocycles. The monoisotopic (exact) mass is 323 g/mol. The Kier molecular flexibility index (Phi) is 4.26. The van der Waals surface area contributed by atoms with Crippen molar-refractivity contribution in [3.05, 3.63) is 71.2 Å². The molecule has 0 aliphatic heterocycles. The van der Waals surface area contributed by atoms with Crippen LogP contribution in [0.15, 0.2) is 65.8 Å². The SMILES string of the molecule is N/N=C/NC(=O)c1ccc2c(-c3ccccc3Cl)cccc2c1. The Labute approximate surface area is 138 Å². The van der Waals surface area contributed by atoms with Crippen molar-refractivity contribution in [3.8, 4) is 11.1 Å². The van der Waals surface area contributed by atoms with Crippen LogP contribution in [0.3, 0.4) is 0 Å². The topological polar surface area (TPSA) is 67.5 Å². The second-order valence-electron chi connectivity index (χ2n) is 4.97. The summed E-state index contributed by atoms with van der Waals surface area (Å²) in [6.07, 6.45) is 1.16. The van der Waals surface area contributed by atoms with Crippen LogP contribution in [-0.2, 0) is 0 Å². The Balaban J connectivity index is 2.10. The smallest absolute Gasteiger partial charge is 0.256 e. The van der Waals surface area contributed by atoms with Gasteiger partial charge in [-0.3, -0.25) is 4.79 Å². The minimum absolute atomic E-state index is 0.260. The van der Waals surface area contributed by atoms with Gasteiger partial charge in [0.05, 0.1) is 0 Å². The minimum Gasteiger partial charge on any atom is -0.322 e. The van der Waals surface area contributed by atoms with Crippen LogP contribution in [0.4, 0.5) is 0 Å². The molecule has 0 unspecified atom stereocenters. The van der Waals surface area contributed by atoms with Crippen LogP contribution >= 0.6 is 11.6 Å². The van der Waals surface area contributed by atoms with Gasteiger partial charge in [-0.1, -0.05) is 54.1 Å². The van der Waals surface area contributed by atoms with E-state index in [0.717, 1.165) is 28.2 Å². The summed E-state index contributed by atoms with van der Waals surface area (Å²) in [5.41, 5.74) is 2.53. The van der Waals surface area contributed by atoms with Gasteiger partial charge in [0.15, 0.2) is 0 Å². The van der Waals surface area contributed by atoms with Crippen LogP contribution in [0, 0.1) is 0 Å². The first-order chi connectivity index (χ1) is 11.2. The van der Waals surface area contributed by atoms with Gasteiger partial charge in [0.1, 0.15) is 6.34 Å². The van der Waals surface area contributed by atoms with E-state index in [1.807, 2.05) is 54.6 Å². The molecule has 0 fully saturated rings. The van der Waals surface area contributed by atoms with Crippen LogP contribution in [-0.4, -0.2) is 12.2 Å². The summed E-state index contributed by atoms with van der Waals surface area (Å²) in [4.78, 5) is 12.0. The van der Waals surface area contributed by atoms with Gasteiger partial charge in [0.2, 0.25) is 0 Å². The van der Waals surface area contributed by atoms with Crippen molar-refractivity contribution >= 4 is 34.6 Å². The average Bonchev–Trinajstić information content (AvgIpc) is 2.59. The van der Waals surface area contributed by atoms with E-state index in [9.17, 15) is 4.79 Å². The molecule has 0 aliphatic rings. The highest BCUT2D eigenvalue weighted by molar-refractivity contribution is 6.33. The molecule has 0 bridgehead atoms. The third kappa shape index (κ3) is 3.03. The number of benzene rings is 3. The molecule has 3 aromatic rings. The summed E-state index contributed by atoms with van der Waals surface area (Å²) in [5, 5.41) is 8.43. The fraction of sp³-hybridized carbons (Fsp3) is 0. The number of hydrogen-bond acceptors (Lipinski definition) is 3. The van der Waals surface area contributed by atoms with Gasteiger partial charge in [-0.05, 0) is 34.5 Å². The molecule has 0 aromatic heterocycles. The van der Waals surface area contributed by atoms with E-state index in [1.54, 1.807) is 6.07 Å². The highest BCUT2D eigenvalue weighted by atomic mass is 35.5. The maximum atomic E-state index is 12.0. The third-order valence-electron chi connectivity index (χ3n) is 3.58. The number of nitrogens with zero attached hydrogens (tertiary/aromatic N) is 1. The lowest BCUT2D eigenvalue weighted by Gasteiger charge is -2.10. The Morgan fingerprint density at radius 3 is 2.61 bits per heavy atom. The molecule has 114 valence electrons. The Hall–Kier alpha value is -2.85. The first kappa shape index (κ1) is 15.1. The number of hydrogen-bond donors (Lipinski definition) is 2. The molecular weight excluding hydrogens is 310 g/mol. The number of nitrogens with two attached hydrogens (primary N) is 1. The summed E-state index contributed by atoms with van der Waals surface area (Å²) in [6.45, 7) is 0. The van der Waals surface area contributed by atoms with Gasteiger partial charge in [0, 0.05) is 16.1 Å². The molecule has 5 heteroatoms. The van der Waals surface area contributed by atoms with E-state index in [4.69, 9.17) is 17.4 Å². The van der Waals surface area contributed by atoms with Gasteiger partial charge in [-0.25, -0.2) is 0 Å². The average molecular weight is 324 g/mol. The van der Waals surface area contributed by atoms with E-state index in [2.05, 4.69) is 10.4 Å². The molecule has 0 spiro atoms. The van der Waals surface area contributed by atoms with Crippen molar-refractivity contribution in [2.45, 2.75) is 0 Å². The van der Waals surface area contributed by atoms with Crippen molar-refractivity contribution in [2.24, 2.45) is 10.9 Å². The summed E-state index contributed by atoms with van der Waals surface area (Å²) in [5.74, 6) is 4.73. The summed E-state index contributed by atoms with van der Waals surface area (Å²) in [7, 11) is 0.